The van der Waals surface area contributed by atoms with Crippen molar-refractivity contribution in [3.05, 3.63) is 35.9 Å². The van der Waals surface area contributed by atoms with Crippen LogP contribution in [0.4, 0.5) is 0 Å². The van der Waals surface area contributed by atoms with Crippen molar-refractivity contribution < 1.29 is 18.5 Å². The second kappa shape index (κ2) is 6.64. The number of hydrogen-bond donors (Lipinski definition) is 1. The van der Waals surface area contributed by atoms with E-state index in [-0.39, 0.29) is 24.3 Å². The Morgan fingerprint density at radius 3 is 2.83 bits per heavy atom. The third kappa shape index (κ3) is 3.58. The smallest absolute Gasteiger partial charge is 0.254 e. The molecule has 0 spiro atoms. The van der Waals surface area contributed by atoms with Crippen LogP contribution in [-0.4, -0.2) is 39.9 Å². The van der Waals surface area contributed by atoms with Gasteiger partial charge < -0.3 is 19.2 Å². The minimum absolute atomic E-state index is 0.0965. The van der Waals surface area contributed by atoms with Crippen LogP contribution in [0.1, 0.15) is 47.8 Å². The SMILES string of the molecule is CC(=O)N1CCC(c2noc(CNC(=O)c3ccoc3)n2)CC1. The first-order valence-electron chi connectivity index (χ1n) is 7.52. The van der Waals surface area contributed by atoms with Gasteiger partial charge in [0.2, 0.25) is 11.8 Å². The molecule has 0 aromatic carbocycles. The molecule has 2 amide bonds. The highest BCUT2D eigenvalue weighted by atomic mass is 16.5. The summed E-state index contributed by atoms with van der Waals surface area (Å²) in [5.74, 6) is 1.03. The van der Waals surface area contributed by atoms with Crippen LogP contribution in [0.5, 0.6) is 0 Å². The van der Waals surface area contributed by atoms with Gasteiger partial charge in [-0.2, -0.15) is 4.98 Å². The average Bonchev–Trinajstić information content (AvgIpc) is 3.24. The van der Waals surface area contributed by atoms with Crippen LogP contribution in [0, 0.1) is 0 Å². The highest BCUT2D eigenvalue weighted by molar-refractivity contribution is 5.93. The molecule has 8 nitrogen and oxygen atoms in total. The lowest BCUT2D eigenvalue weighted by atomic mass is 9.96. The van der Waals surface area contributed by atoms with E-state index < -0.39 is 0 Å². The molecule has 0 radical (unpaired) electrons. The molecule has 8 heteroatoms. The lowest BCUT2D eigenvalue weighted by Crippen LogP contribution is -2.36. The summed E-state index contributed by atoms with van der Waals surface area (Å²) in [6.45, 7) is 3.17. The number of carbonyl (C=O) groups excluding carboxylic acids is 2. The minimum Gasteiger partial charge on any atom is -0.472 e. The molecule has 3 rings (SSSR count). The maximum atomic E-state index is 11.8. The zero-order chi connectivity index (χ0) is 16.2. The van der Waals surface area contributed by atoms with E-state index in [1.807, 2.05) is 4.90 Å². The first-order chi connectivity index (χ1) is 11.1. The van der Waals surface area contributed by atoms with Crippen molar-refractivity contribution in [2.75, 3.05) is 13.1 Å². The molecular weight excluding hydrogens is 300 g/mol. The van der Waals surface area contributed by atoms with Crippen molar-refractivity contribution in [3.63, 3.8) is 0 Å². The number of furan rings is 1. The lowest BCUT2D eigenvalue weighted by Gasteiger charge is -2.29. The summed E-state index contributed by atoms with van der Waals surface area (Å²) in [6, 6.07) is 1.58. The van der Waals surface area contributed by atoms with E-state index >= 15 is 0 Å². The molecule has 0 unspecified atom stereocenters. The average molecular weight is 318 g/mol. The highest BCUT2D eigenvalue weighted by Crippen LogP contribution is 2.25. The van der Waals surface area contributed by atoms with Crippen molar-refractivity contribution in [1.29, 1.82) is 0 Å². The lowest BCUT2D eigenvalue weighted by molar-refractivity contribution is -0.129. The summed E-state index contributed by atoms with van der Waals surface area (Å²) in [7, 11) is 0. The third-order valence-electron chi connectivity index (χ3n) is 3.97. The van der Waals surface area contributed by atoms with E-state index in [4.69, 9.17) is 8.94 Å². The number of aromatic nitrogens is 2. The van der Waals surface area contributed by atoms with Crippen LogP contribution in [0.2, 0.25) is 0 Å². The van der Waals surface area contributed by atoms with E-state index in [2.05, 4.69) is 15.5 Å². The van der Waals surface area contributed by atoms with Gasteiger partial charge in [-0.25, -0.2) is 0 Å². The second-order valence-corrected chi connectivity index (χ2v) is 5.52. The molecule has 0 saturated carbocycles. The zero-order valence-corrected chi connectivity index (χ0v) is 12.8. The fourth-order valence-corrected chi connectivity index (χ4v) is 2.61. The monoisotopic (exact) mass is 318 g/mol. The number of nitrogens with one attached hydrogen (secondary N) is 1. The zero-order valence-electron chi connectivity index (χ0n) is 12.8. The predicted octanol–water partition coefficient (Wildman–Crippen LogP) is 1.32. The largest absolute Gasteiger partial charge is 0.472 e. The molecule has 3 heterocycles. The van der Waals surface area contributed by atoms with Crippen molar-refractivity contribution in [3.8, 4) is 0 Å². The van der Waals surface area contributed by atoms with E-state index in [0.717, 1.165) is 12.8 Å². The molecule has 1 aliphatic rings. The molecular formula is C15H18N4O4. The van der Waals surface area contributed by atoms with Gasteiger partial charge in [0.1, 0.15) is 6.26 Å². The van der Waals surface area contributed by atoms with Crippen molar-refractivity contribution >= 4 is 11.8 Å². The molecule has 2 aromatic heterocycles. The Morgan fingerprint density at radius 1 is 1.39 bits per heavy atom. The Kier molecular flexibility index (Phi) is 4.40. The molecule has 1 saturated heterocycles. The Balaban J connectivity index is 1.52. The molecule has 0 bridgehead atoms. The second-order valence-electron chi connectivity index (χ2n) is 5.52. The number of nitrogens with zero attached hydrogens (tertiary/aromatic N) is 3. The minimum atomic E-state index is -0.256. The van der Waals surface area contributed by atoms with Gasteiger partial charge in [0, 0.05) is 25.9 Å². The number of amides is 2. The number of piperidine rings is 1. The van der Waals surface area contributed by atoms with Crippen molar-refractivity contribution in [1.82, 2.24) is 20.4 Å². The van der Waals surface area contributed by atoms with Gasteiger partial charge in [-0.3, -0.25) is 9.59 Å². The van der Waals surface area contributed by atoms with Crippen molar-refractivity contribution in [2.45, 2.75) is 32.2 Å². The van der Waals surface area contributed by atoms with Crippen LogP contribution >= 0.6 is 0 Å². The van der Waals surface area contributed by atoms with E-state index in [1.54, 1.807) is 13.0 Å². The molecule has 1 aliphatic heterocycles. The van der Waals surface area contributed by atoms with Crippen LogP contribution in [-0.2, 0) is 11.3 Å². The fourth-order valence-electron chi connectivity index (χ4n) is 2.61. The van der Waals surface area contributed by atoms with E-state index in [1.165, 1.54) is 12.5 Å². The molecule has 0 aliphatic carbocycles. The summed E-state index contributed by atoms with van der Waals surface area (Å²) in [6.07, 6.45) is 4.45. The fraction of sp³-hybridized carbons (Fsp3) is 0.467. The van der Waals surface area contributed by atoms with Crippen LogP contribution in [0.25, 0.3) is 0 Å². The molecule has 1 N–H and O–H groups in total. The van der Waals surface area contributed by atoms with Gasteiger partial charge in [-0.05, 0) is 18.9 Å². The normalized spacial score (nSPS) is 15.6. The van der Waals surface area contributed by atoms with Gasteiger partial charge >= 0.3 is 0 Å². The number of hydrogen-bond acceptors (Lipinski definition) is 6. The van der Waals surface area contributed by atoms with Crippen LogP contribution < -0.4 is 5.32 Å². The summed E-state index contributed by atoms with van der Waals surface area (Å²) < 4.78 is 10.0. The summed E-state index contributed by atoms with van der Waals surface area (Å²) >= 11 is 0. The quantitative estimate of drug-likeness (QED) is 0.912. The van der Waals surface area contributed by atoms with Crippen LogP contribution in [0.15, 0.2) is 27.5 Å². The topological polar surface area (TPSA) is 101 Å². The third-order valence-corrected chi connectivity index (χ3v) is 3.97. The number of rotatable bonds is 4. The Hall–Kier alpha value is -2.64. The van der Waals surface area contributed by atoms with Crippen LogP contribution in [0.3, 0.4) is 0 Å². The van der Waals surface area contributed by atoms with Gasteiger partial charge in [-0.15, -0.1) is 0 Å². The summed E-state index contributed by atoms with van der Waals surface area (Å²) in [4.78, 5) is 29.3. The van der Waals surface area contributed by atoms with Crippen molar-refractivity contribution in [2.24, 2.45) is 0 Å². The van der Waals surface area contributed by atoms with E-state index in [9.17, 15) is 9.59 Å². The predicted molar refractivity (Wildman–Crippen MR) is 78.4 cm³/mol. The molecule has 0 atom stereocenters. The summed E-state index contributed by atoms with van der Waals surface area (Å²) in [5.41, 5.74) is 0.446. The molecule has 1 fully saturated rings. The van der Waals surface area contributed by atoms with Gasteiger partial charge in [0.05, 0.1) is 18.4 Å². The highest BCUT2D eigenvalue weighted by Gasteiger charge is 2.25. The van der Waals surface area contributed by atoms with Gasteiger partial charge in [0.25, 0.3) is 5.91 Å². The Labute approximate surface area is 132 Å². The standard InChI is InChI=1S/C15H18N4O4/c1-10(20)19-5-2-11(3-6-19)14-17-13(23-18-14)8-16-15(21)12-4-7-22-9-12/h4,7,9,11H,2-3,5-6,8H2,1H3,(H,16,21). The molecule has 23 heavy (non-hydrogen) atoms. The maximum absolute atomic E-state index is 11.8. The molecule has 2 aromatic rings. The summed E-state index contributed by atoms with van der Waals surface area (Å²) in [5, 5.41) is 6.68. The van der Waals surface area contributed by atoms with Gasteiger partial charge in [0.15, 0.2) is 5.82 Å². The first-order valence-corrected chi connectivity index (χ1v) is 7.52. The maximum Gasteiger partial charge on any atom is 0.254 e. The Bertz CT molecular complexity index is 671. The molecule has 122 valence electrons. The van der Waals surface area contributed by atoms with E-state index in [0.29, 0.717) is 30.4 Å². The first kappa shape index (κ1) is 15.3. The number of carbonyl (C=O) groups is 2. The Morgan fingerprint density at radius 2 is 2.17 bits per heavy atom. The van der Waals surface area contributed by atoms with Gasteiger partial charge in [-0.1, -0.05) is 5.16 Å². The number of likely N-dealkylation sites (tertiary alicyclic amines) is 1.